The minimum absolute atomic E-state index is 0.377. The summed E-state index contributed by atoms with van der Waals surface area (Å²) in [5, 5.41) is 0.857. The fourth-order valence-electron chi connectivity index (χ4n) is 1.61. The number of hydrogen-bond donors (Lipinski definition) is 1. The van der Waals surface area contributed by atoms with Crippen LogP contribution in [0.4, 0.5) is 5.69 Å². The Labute approximate surface area is 132 Å². The van der Waals surface area contributed by atoms with Crippen molar-refractivity contribution in [1.82, 2.24) is 0 Å². The summed E-state index contributed by atoms with van der Waals surface area (Å²) in [5.41, 5.74) is 7.28. The number of hydrogen-bond acceptors (Lipinski definition) is 2. The molecule has 0 saturated heterocycles. The average Bonchev–Trinajstić information content (AvgIpc) is 2.31. The number of nitrogen functional groups attached to an aromatic ring is 1. The Balaban J connectivity index is 2.22. The molecule has 0 saturated carbocycles. The summed E-state index contributed by atoms with van der Waals surface area (Å²) in [6, 6.07) is 10.5. The topological polar surface area (TPSA) is 43.1 Å². The molecule has 2 aromatic carbocycles. The molecule has 6 heteroatoms. The fraction of sp³-hybridized carbons (Fsp3) is 0.0769. The van der Waals surface area contributed by atoms with Gasteiger partial charge in [0, 0.05) is 15.1 Å². The predicted octanol–water partition coefficient (Wildman–Crippen LogP) is 4.65. The summed E-state index contributed by atoms with van der Waals surface area (Å²) in [4.78, 5) is 0.646. The molecule has 0 aromatic heterocycles. The predicted molar refractivity (Wildman–Crippen MR) is 85.1 cm³/mol. The summed E-state index contributed by atoms with van der Waals surface area (Å²) in [6.45, 7) is 0. The van der Waals surface area contributed by atoms with E-state index >= 15 is 0 Å². The Morgan fingerprint density at radius 1 is 1.11 bits per heavy atom. The first kappa shape index (κ1) is 14.9. The van der Waals surface area contributed by atoms with Crippen LogP contribution in [-0.4, -0.2) is 4.21 Å². The van der Waals surface area contributed by atoms with Crippen molar-refractivity contribution in [2.45, 2.75) is 10.6 Å². The standard InChI is InChI=1S/C13H10BrCl2NOS/c14-9-3-8(4-10(17)5-9)7-19(18)11-1-2-12(15)13(16)6-11/h1-6H,7,17H2. The molecule has 0 fully saturated rings. The normalized spacial score (nSPS) is 12.4. The summed E-state index contributed by atoms with van der Waals surface area (Å²) in [6.07, 6.45) is 0. The molecular weight excluding hydrogens is 369 g/mol. The third kappa shape index (κ3) is 3.96. The maximum Gasteiger partial charge on any atom is 0.0604 e. The second-order valence-corrected chi connectivity index (χ2v) is 7.14. The van der Waals surface area contributed by atoms with Gasteiger partial charge in [-0.3, -0.25) is 4.21 Å². The number of rotatable bonds is 3. The van der Waals surface area contributed by atoms with Crippen LogP contribution in [-0.2, 0) is 16.6 Å². The molecule has 100 valence electrons. The molecule has 0 aliphatic rings. The van der Waals surface area contributed by atoms with Crippen molar-refractivity contribution in [1.29, 1.82) is 0 Å². The third-order valence-electron chi connectivity index (χ3n) is 2.43. The van der Waals surface area contributed by atoms with E-state index in [1.165, 1.54) is 0 Å². The molecule has 0 aliphatic heterocycles. The minimum Gasteiger partial charge on any atom is -0.399 e. The van der Waals surface area contributed by atoms with E-state index in [9.17, 15) is 4.21 Å². The first-order chi connectivity index (χ1) is 8.95. The van der Waals surface area contributed by atoms with E-state index in [1.807, 2.05) is 6.07 Å². The van der Waals surface area contributed by atoms with Gasteiger partial charge in [0.2, 0.25) is 0 Å². The van der Waals surface area contributed by atoms with E-state index in [1.54, 1.807) is 30.3 Å². The van der Waals surface area contributed by atoms with Crippen molar-refractivity contribution in [3.63, 3.8) is 0 Å². The van der Waals surface area contributed by atoms with Crippen molar-refractivity contribution >= 4 is 55.6 Å². The van der Waals surface area contributed by atoms with Gasteiger partial charge in [-0.25, -0.2) is 0 Å². The molecule has 0 heterocycles. The highest BCUT2D eigenvalue weighted by molar-refractivity contribution is 9.10. The Kier molecular flexibility index (Phi) is 4.90. The summed E-state index contributed by atoms with van der Waals surface area (Å²) in [7, 11) is -1.19. The van der Waals surface area contributed by atoms with Gasteiger partial charge in [-0.1, -0.05) is 39.1 Å². The Morgan fingerprint density at radius 2 is 1.84 bits per heavy atom. The van der Waals surface area contributed by atoms with Crippen molar-refractivity contribution < 1.29 is 4.21 Å². The van der Waals surface area contributed by atoms with Gasteiger partial charge in [0.15, 0.2) is 0 Å². The second kappa shape index (κ2) is 6.27. The lowest BCUT2D eigenvalue weighted by molar-refractivity contribution is 0.682. The third-order valence-corrected chi connectivity index (χ3v) is 5.00. The molecule has 19 heavy (non-hydrogen) atoms. The van der Waals surface area contributed by atoms with Crippen LogP contribution in [0.25, 0.3) is 0 Å². The fourth-order valence-corrected chi connectivity index (χ4v) is 3.64. The van der Waals surface area contributed by atoms with E-state index in [0.29, 0.717) is 26.4 Å². The second-order valence-electron chi connectivity index (χ2n) is 3.96. The molecule has 0 amide bonds. The molecule has 0 bridgehead atoms. The first-order valence-electron chi connectivity index (χ1n) is 5.34. The van der Waals surface area contributed by atoms with Crippen molar-refractivity contribution in [2.75, 3.05) is 5.73 Å². The molecule has 2 rings (SSSR count). The van der Waals surface area contributed by atoms with E-state index in [2.05, 4.69) is 15.9 Å². The van der Waals surface area contributed by atoms with Crippen molar-refractivity contribution in [3.05, 3.63) is 56.5 Å². The minimum atomic E-state index is -1.19. The maximum absolute atomic E-state index is 12.3. The molecule has 1 unspecified atom stereocenters. The lowest BCUT2D eigenvalue weighted by Crippen LogP contribution is -1.98. The molecule has 1 atom stereocenters. The highest BCUT2D eigenvalue weighted by atomic mass is 79.9. The van der Waals surface area contributed by atoms with Crippen molar-refractivity contribution in [3.8, 4) is 0 Å². The zero-order valence-electron chi connectivity index (χ0n) is 9.70. The molecule has 0 radical (unpaired) electrons. The molecule has 2 nitrogen and oxygen atoms in total. The van der Waals surface area contributed by atoms with Gasteiger partial charge in [-0.2, -0.15) is 0 Å². The highest BCUT2D eigenvalue weighted by Crippen LogP contribution is 2.26. The lowest BCUT2D eigenvalue weighted by Gasteiger charge is -2.06. The number of halogens is 3. The van der Waals surface area contributed by atoms with Gasteiger partial charge >= 0.3 is 0 Å². The van der Waals surface area contributed by atoms with Crippen LogP contribution in [0.3, 0.4) is 0 Å². The SMILES string of the molecule is Nc1cc(Br)cc(CS(=O)c2ccc(Cl)c(Cl)c2)c1. The number of anilines is 1. The largest absolute Gasteiger partial charge is 0.399 e. The van der Waals surface area contributed by atoms with Gasteiger partial charge in [0.25, 0.3) is 0 Å². The first-order valence-corrected chi connectivity index (χ1v) is 8.21. The van der Waals surface area contributed by atoms with Crippen LogP contribution in [0.2, 0.25) is 10.0 Å². The van der Waals surface area contributed by atoms with Crippen LogP contribution < -0.4 is 5.73 Å². The van der Waals surface area contributed by atoms with E-state index in [0.717, 1.165) is 10.0 Å². The van der Waals surface area contributed by atoms with Crippen molar-refractivity contribution in [2.24, 2.45) is 0 Å². The van der Waals surface area contributed by atoms with Gasteiger partial charge in [0.1, 0.15) is 0 Å². The Bertz CT molecular complexity index is 628. The average molecular weight is 379 g/mol. The lowest BCUT2D eigenvalue weighted by atomic mass is 10.2. The maximum atomic E-state index is 12.3. The van der Waals surface area contributed by atoms with Crippen LogP contribution >= 0.6 is 39.1 Å². The zero-order valence-corrected chi connectivity index (χ0v) is 13.6. The Hall–Kier alpha value is -0.550. The summed E-state index contributed by atoms with van der Waals surface area (Å²) in [5.74, 6) is 0.377. The van der Waals surface area contributed by atoms with Gasteiger partial charge < -0.3 is 5.73 Å². The summed E-state index contributed by atoms with van der Waals surface area (Å²) < 4.78 is 13.1. The monoisotopic (exact) mass is 377 g/mol. The smallest absolute Gasteiger partial charge is 0.0604 e. The van der Waals surface area contributed by atoms with Crippen LogP contribution in [0.5, 0.6) is 0 Å². The quantitative estimate of drug-likeness (QED) is 0.790. The molecule has 0 spiro atoms. The number of nitrogens with two attached hydrogens (primary N) is 1. The van der Waals surface area contributed by atoms with Crippen LogP contribution in [0.15, 0.2) is 45.8 Å². The molecule has 2 N–H and O–H groups in total. The highest BCUT2D eigenvalue weighted by Gasteiger charge is 2.08. The molecule has 2 aromatic rings. The summed E-state index contributed by atoms with van der Waals surface area (Å²) >= 11 is 15.1. The molecular formula is C13H10BrCl2NOS. The van der Waals surface area contributed by atoms with E-state index in [-0.39, 0.29) is 0 Å². The van der Waals surface area contributed by atoms with Crippen LogP contribution in [0.1, 0.15) is 5.56 Å². The van der Waals surface area contributed by atoms with E-state index in [4.69, 9.17) is 28.9 Å². The Morgan fingerprint density at radius 3 is 2.47 bits per heavy atom. The van der Waals surface area contributed by atoms with Gasteiger partial charge in [-0.15, -0.1) is 0 Å². The molecule has 0 aliphatic carbocycles. The van der Waals surface area contributed by atoms with E-state index < -0.39 is 10.8 Å². The van der Waals surface area contributed by atoms with Gasteiger partial charge in [0.05, 0.1) is 26.6 Å². The number of benzene rings is 2. The van der Waals surface area contributed by atoms with Crippen LogP contribution in [0, 0.1) is 0 Å². The van der Waals surface area contributed by atoms with Gasteiger partial charge in [-0.05, 0) is 42.0 Å². The zero-order chi connectivity index (χ0) is 14.0.